The second-order valence-electron chi connectivity index (χ2n) is 7.14. The number of carbonyl (C=O) groups excluding carboxylic acids is 2. The second kappa shape index (κ2) is 5.54. The summed E-state index contributed by atoms with van der Waals surface area (Å²) in [5, 5.41) is 3.77. The summed E-state index contributed by atoms with van der Waals surface area (Å²) in [5.41, 5.74) is 0.289. The number of aromatic nitrogens is 1. The minimum Gasteiger partial charge on any atom is -0.467 e. The molecule has 1 amide bonds. The third kappa shape index (κ3) is 2.84. The van der Waals surface area contributed by atoms with Gasteiger partial charge in [0.25, 0.3) is 0 Å². The molecule has 2 N–H and O–H groups in total. The molecule has 2 atom stereocenters. The molecule has 1 aromatic carbocycles. The Bertz CT molecular complexity index is 790. The van der Waals surface area contributed by atoms with E-state index in [4.69, 9.17) is 9.47 Å². The number of alkyl carbamates (subject to hydrolysis) is 1. The van der Waals surface area contributed by atoms with Crippen LogP contribution >= 0.6 is 0 Å². The Kier molecular flexibility index (Phi) is 3.78. The predicted molar refractivity (Wildman–Crippen MR) is 89.8 cm³/mol. The van der Waals surface area contributed by atoms with Crippen LogP contribution in [0, 0.1) is 0 Å². The average Bonchev–Trinajstić information content (AvgIpc) is 3.05. The van der Waals surface area contributed by atoms with Crippen molar-refractivity contribution in [2.75, 3.05) is 7.11 Å². The zero-order valence-corrected chi connectivity index (χ0v) is 14.3. The third-order valence-electron chi connectivity index (χ3n) is 4.23. The number of carbonyl (C=O) groups is 2. The van der Waals surface area contributed by atoms with E-state index in [-0.39, 0.29) is 5.92 Å². The Hall–Kier alpha value is -2.50. The first-order chi connectivity index (χ1) is 11.3. The largest absolute Gasteiger partial charge is 0.467 e. The fraction of sp³-hybridized carbons (Fsp3) is 0.444. The molecule has 1 saturated carbocycles. The van der Waals surface area contributed by atoms with Gasteiger partial charge < -0.3 is 19.8 Å². The topological polar surface area (TPSA) is 80.4 Å². The van der Waals surface area contributed by atoms with Crippen molar-refractivity contribution in [3.05, 3.63) is 36.0 Å². The van der Waals surface area contributed by atoms with Gasteiger partial charge in [0.05, 0.1) is 7.11 Å². The molecule has 0 unspecified atom stereocenters. The van der Waals surface area contributed by atoms with Crippen molar-refractivity contribution < 1.29 is 19.1 Å². The zero-order valence-electron chi connectivity index (χ0n) is 14.3. The van der Waals surface area contributed by atoms with Gasteiger partial charge in [-0.15, -0.1) is 0 Å². The molecule has 1 aliphatic carbocycles. The Balaban J connectivity index is 1.88. The fourth-order valence-electron chi connectivity index (χ4n) is 3.10. The van der Waals surface area contributed by atoms with E-state index in [9.17, 15) is 9.59 Å². The van der Waals surface area contributed by atoms with Crippen LogP contribution in [0.1, 0.15) is 38.7 Å². The summed E-state index contributed by atoms with van der Waals surface area (Å²) in [4.78, 5) is 27.7. The first-order valence-electron chi connectivity index (χ1n) is 7.92. The van der Waals surface area contributed by atoms with Crippen molar-refractivity contribution >= 4 is 23.0 Å². The lowest BCUT2D eigenvalue weighted by atomic mass is 10.1. The van der Waals surface area contributed by atoms with Crippen LogP contribution < -0.4 is 5.32 Å². The highest BCUT2D eigenvalue weighted by Crippen LogP contribution is 2.54. The Morgan fingerprint density at radius 3 is 2.67 bits per heavy atom. The van der Waals surface area contributed by atoms with E-state index in [1.165, 1.54) is 7.11 Å². The fourth-order valence-corrected chi connectivity index (χ4v) is 3.10. The molecule has 1 fully saturated rings. The van der Waals surface area contributed by atoms with Gasteiger partial charge in [0, 0.05) is 23.0 Å². The summed E-state index contributed by atoms with van der Waals surface area (Å²) in [5.74, 6) is -0.600. The standard InChI is InChI=1S/C18H22N2O4/c1-17(2,3)24-16(22)20-18(15(21)23-4)9-13(18)12-10-19-14-8-6-5-7-11(12)14/h5-8,10,13,19H,9H2,1-4H3,(H,20,22)/t13-,18+/m0/s1. The summed E-state index contributed by atoms with van der Waals surface area (Å²) in [6, 6.07) is 7.86. The Morgan fingerprint density at radius 2 is 2.00 bits per heavy atom. The third-order valence-corrected chi connectivity index (χ3v) is 4.23. The molecule has 0 spiro atoms. The van der Waals surface area contributed by atoms with Crippen molar-refractivity contribution in [2.45, 2.75) is 44.2 Å². The van der Waals surface area contributed by atoms with E-state index in [1.54, 1.807) is 20.8 Å². The van der Waals surface area contributed by atoms with Crippen LogP contribution in [0.2, 0.25) is 0 Å². The number of benzene rings is 1. The molecule has 0 aliphatic heterocycles. The monoisotopic (exact) mass is 330 g/mol. The van der Waals surface area contributed by atoms with E-state index in [2.05, 4.69) is 10.3 Å². The molecule has 1 heterocycles. The number of esters is 1. The summed E-state index contributed by atoms with van der Waals surface area (Å²) in [6.07, 6.45) is 1.76. The van der Waals surface area contributed by atoms with E-state index in [1.807, 2.05) is 30.5 Å². The first-order valence-corrected chi connectivity index (χ1v) is 7.92. The number of aromatic amines is 1. The minimum atomic E-state index is -1.07. The summed E-state index contributed by atoms with van der Waals surface area (Å²) >= 11 is 0. The highest BCUT2D eigenvalue weighted by atomic mass is 16.6. The van der Waals surface area contributed by atoms with Crippen LogP contribution in [0.15, 0.2) is 30.5 Å². The van der Waals surface area contributed by atoms with E-state index >= 15 is 0 Å². The SMILES string of the molecule is COC(=O)[C@@]1(NC(=O)OC(C)(C)C)C[C@H]1c1c[nH]c2ccccc12. The number of amides is 1. The summed E-state index contributed by atoms with van der Waals surface area (Å²) < 4.78 is 10.2. The average molecular weight is 330 g/mol. The van der Waals surface area contributed by atoms with Crippen LogP contribution in [0.25, 0.3) is 10.9 Å². The molecule has 1 aromatic heterocycles. The number of nitrogens with one attached hydrogen (secondary N) is 2. The molecule has 128 valence electrons. The number of hydrogen-bond donors (Lipinski definition) is 2. The number of hydrogen-bond acceptors (Lipinski definition) is 4. The number of para-hydroxylation sites is 1. The van der Waals surface area contributed by atoms with Gasteiger partial charge in [-0.3, -0.25) is 0 Å². The molecular weight excluding hydrogens is 308 g/mol. The number of rotatable bonds is 3. The smallest absolute Gasteiger partial charge is 0.408 e. The normalized spacial score (nSPS) is 22.9. The van der Waals surface area contributed by atoms with Crippen LogP contribution in [0.5, 0.6) is 0 Å². The van der Waals surface area contributed by atoms with Crippen LogP contribution in [-0.2, 0) is 14.3 Å². The Morgan fingerprint density at radius 1 is 1.29 bits per heavy atom. The number of H-pyrrole nitrogens is 1. The van der Waals surface area contributed by atoms with E-state index in [0.717, 1.165) is 16.5 Å². The van der Waals surface area contributed by atoms with Crippen molar-refractivity contribution in [1.29, 1.82) is 0 Å². The van der Waals surface area contributed by atoms with E-state index in [0.29, 0.717) is 6.42 Å². The molecule has 6 nitrogen and oxygen atoms in total. The van der Waals surface area contributed by atoms with Gasteiger partial charge in [0.2, 0.25) is 0 Å². The van der Waals surface area contributed by atoms with Gasteiger partial charge in [0.1, 0.15) is 11.1 Å². The van der Waals surface area contributed by atoms with Crippen molar-refractivity contribution in [2.24, 2.45) is 0 Å². The Labute approximate surface area is 140 Å². The van der Waals surface area contributed by atoms with Gasteiger partial charge >= 0.3 is 12.1 Å². The molecule has 3 rings (SSSR count). The van der Waals surface area contributed by atoms with Gasteiger partial charge in [-0.1, -0.05) is 18.2 Å². The van der Waals surface area contributed by atoms with E-state index < -0.39 is 23.2 Å². The zero-order chi connectivity index (χ0) is 17.5. The first kappa shape index (κ1) is 16.4. The quantitative estimate of drug-likeness (QED) is 0.848. The van der Waals surface area contributed by atoms with Gasteiger partial charge in [0.15, 0.2) is 0 Å². The van der Waals surface area contributed by atoms with Crippen molar-refractivity contribution in [1.82, 2.24) is 10.3 Å². The lowest BCUT2D eigenvalue weighted by Gasteiger charge is -2.23. The molecule has 0 radical (unpaired) electrons. The van der Waals surface area contributed by atoms with Gasteiger partial charge in [-0.25, -0.2) is 9.59 Å². The van der Waals surface area contributed by atoms with Gasteiger partial charge in [-0.2, -0.15) is 0 Å². The van der Waals surface area contributed by atoms with Crippen LogP contribution in [-0.4, -0.2) is 35.3 Å². The van der Waals surface area contributed by atoms with Gasteiger partial charge in [-0.05, 0) is 38.8 Å². The highest BCUT2D eigenvalue weighted by Gasteiger charge is 2.64. The maximum absolute atomic E-state index is 12.3. The lowest BCUT2D eigenvalue weighted by molar-refractivity contribution is -0.144. The summed E-state index contributed by atoms with van der Waals surface area (Å²) in [7, 11) is 1.32. The highest BCUT2D eigenvalue weighted by molar-refractivity contribution is 5.94. The number of ether oxygens (including phenoxy) is 2. The summed E-state index contributed by atoms with van der Waals surface area (Å²) in [6.45, 7) is 5.34. The maximum Gasteiger partial charge on any atom is 0.408 e. The molecule has 0 bridgehead atoms. The van der Waals surface area contributed by atoms with Crippen LogP contribution in [0.3, 0.4) is 0 Å². The lowest BCUT2D eigenvalue weighted by Crippen LogP contribution is -2.47. The maximum atomic E-state index is 12.3. The number of methoxy groups -OCH3 is 1. The van der Waals surface area contributed by atoms with Crippen molar-refractivity contribution in [3.63, 3.8) is 0 Å². The van der Waals surface area contributed by atoms with Crippen LogP contribution in [0.4, 0.5) is 4.79 Å². The number of fused-ring (bicyclic) bond motifs is 1. The minimum absolute atomic E-state index is 0.145. The molecule has 0 saturated heterocycles. The molecular formula is C18H22N2O4. The molecule has 6 heteroatoms. The molecule has 24 heavy (non-hydrogen) atoms. The molecule has 1 aliphatic rings. The predicted octanol–water partition coefficient (Wildman–Crippen LogP) is 3.09. The molecule has 2 aromatic rings. The second-order valence-corrected chi connectivity index (χ2v) is 7.14. The van der Waals surface area contributed by atoms with Crippen molar-refractivity contribution in [3.8, 4) is 0 Å².